The minimum Gasteiger partial charge on any atom is -0.497 e. The third kappa shape index (κ3) is 4.41. The molecule has 1 aromatic heterocycles. The van der Waals surface area contributed by atoms with Gasteiger partial charge in [-0.2, -0.15) is 0 Å². The normalized spacial score (nSPS) is 10.5. The van der Waals surface area contributed by atoms with Gasteiger partial charge in [-0.15, -0.1) is 0 Å². The van der Waals surface area contributed by atoms with E-state index in [1.807, 2.05) is 19.1 Å². The molecule has 0 amide bonds. The molecular weight excluding hydrogens is 366 g/mol. The van der Waals surface area contributed by atoms with Crippen molar-refractivity contribution in [3.8, 4) is 11.5 Å². The van der Waals surface area contributed by atoms with Gasteiger partial charge in [0.15, 0.2) is 0 Å². The van der Waals surface area contributed by atoms with Gasteiger partial charge < -0.3 is 14.8 Å². The van der Waals surface area contributed by atoms with Crippen molar-refractivity contribution in [3.05, 3.63) is 74.7 Å². The Morgan fingerprint density at radius 1 is 1.11 bits per heavy atom. The zero-order chi connectivity index (χ0) is 19.4. The predicted octanol–water partition coefficient (Wildman–Crippen LogP) is 4.08. The van der Waals surface area contributed by atoms with Crippen LogP contribution in [0.1, 0.15) is 16.8 Å². The van der Waals surface area contributed by atoms with E-state index in [-0.39, 0.29) is 5.56 Å². The summed E-state index contributed by atoms with van der Waals surface area (Å²) in [6, 6.07) is 12.8. The zero-order valence-electron chi connectivity index (χ0n) is 15.3. The van der Waals surface area contributed by atoms with Gasteiger partial charge in [-0.1, -0.05) is 23.7 Å². The summed E-state index contributed by atoms with van der Waals surface area (Å²) in [4.78, 5) is 19.8. The van der Waals surface area contributed by atoms with Crippen LogP contribution in [0.15, 0.2) is 47.3 Å². The SMILES string of the molecule is COc1ccc(Nc2nc(C)c(Cc3ccc(Cl)cc3)c(=O)[nH]2)c(OC)c1. The van der Waals surface area contributed by atoms with Crippen molar-refractivity contribution >= 4 is 23.2 Å². The van der Waals surface area contributed by atoms with Crippen LogP contribution in [0.25, 0.3) is 0 Å². The van der Waals surface area contributed by atoms with E-state index in [0.29, 0.717) is 45.8 Å². The minimum atomic E-state index is -0.188. The Labute approximate surface area is 162 Å². The topological polar surface area (TPSA) is 76.2 Å². The molecule has 0 unspecified atom stereocenters. The molecule has 140 valence electrons. The van der Waals surface area contributed by atoms with Crippen LogP contribution in [0.2, 0.25) is 5.02 Å². The van der Waals surface area contributed by atoms with E-state index in [4.69, 9.17) is 21.1 Å². The van der Waals surface area contributed by atoms with Gasteiger partial charge in [-0.25, -0.2) is 4.98 Å². The van der Waals surface area contributed by atoms with E-state index in [0.717, 1.165) is 5.56 Å². The second-order valence-corrected chi connectivity index (χ2v) is 6.41. The maximum Gasteiger partial charge on any atom is 0.256 e. The predicted molar refractivity (Wildman–Crippen MR) is 107 cm³/mol. The first-order valence-corrected chi connectivity index (χ1v) is 8.71. The zero-order valence-corrected chi connectivity index (χ0v) is 16.1. The molecule has 0 aliphatic rings. The van der Waals surface area contributed by atoms with Gasteiger partial charge in [-0.05, 0) is 36.8 Å². The number of benzene rings is 2. The first-order chi connectivity index (χ1) is 13.0. The molecule has 1 heterocycles. The highest BCUT2D eigenvalue weighted by molar-refractivity contribution is 6.30. The van der Waals surface area contributed by atoms with Crippen LogP contribution in [0.5, 0.6) is 11.5 Å². The highest BCUT2D eigenvalue weighted by atomic mass is 35.5. The molecular formula is C20H20ClN3O3. The number of methoxy groups -OCH3 is 2. The Bertz CT molecular complexity index is 1000. The van der Waals surface area contributed by atoms with Gasteiger partial charge >= 0.3 is 0 Å². The summed E-state index contributed by atoms with van der Waals surface area (Å²) >= 11 is 5.91. The first kappa shape index (κ1) is 18.8. The summed E-state index contributed by atoms with van der Waals surface area (Å²) in [5.74, 6) is 1.61. The van der Waals surface area contributed by atoms with E-state index in [2.05, 4.69) is 15.3 Å². The number of nitrogens with zero attached hydrogens (tertiary/aromatic N) is 1. The van der Waals surface area contributed by atoms with Gasteiger partial charge in [0, 0.05) is 23.1 Å². The van der Waals surface area contributed by atoms with Crippen molar-refractivity contribution in [3.63, 3.8) is 0 Å². The van der Waals surface area contributed by atoms with Crippen molar-refractivity contribution in [2.45, 2.75) is 13.3 Å². The highest BCUT2D eigenvalue weighted by Gasteiger charge is 2.11. The summed E-state index contributed by atoms with van der Waals surface area (Å²) in [6.45, 7) is 1.82. The van der Waals surface area contributed by atoms with Crippen molar-refractivity contribution in [2.24, 2.45) is 0 Å². The monoisotopic (exact) mass is 385 g/mol. The van der Waals surface area contributed by atoms with Gasteiger partial charge in [0.25, 0.3) is 5.56 Å². The van der Waals surface area contributed by atoms with Crippen LogP contribution in [-0.4, -0.2) is 24.2 Å². The van der Waals surface area contributed by atoms with Crippen molar-refractivity contribution in [1.29, 1.82) is 0 Å². The lowest BCUT2D eigenvalue weighted by atomic mass is 10.1. The Balaban J connectivity index is 1.86. The van der Waals surface area contributed by atoms with E-state index in [9.17, 15) is 4.79 Å². The molecule has 0 bridgehead atoms. The van der Waals surface area contributed by atoms with Crippen LogP contribution in [-0.2, 0) is 6.42 Å². The number of rotatable bonds is 6. The number of ether oxygens (including phenoxy) is 2. The third-order valence-electron chi connectivity index (χ3n) is 4.18. The Kier molecular flexibility index (Phi) is 5.66. The number of nitrogens with one attached hydrogen (secondary N) is 2. The lowest BCUT2D eigenvalue weighted by Crippen LogP contribution is -2.18. The molecule has 0 fully saturated rings. The lowest BCUT2D eigenvalue weighted by molar-refractivity contribution is 0.395. The second kappa shape index (κ2) is 8.14. The molecule has 3 rings (SSSR count). The van der Waals surface area contributed by atoms with Crippen molar-refractivity contribution in [1.82, 2.24) is 9.97 Å². The largest absolute Gasteiger partial charge is 0.497 e. The number of hydrogen-bond donors (Lipinski definition) is 2. The number of aryl methyl sites for hydroxylation is 1. The van der Waals surface area contributed by atoms with Crippen LogP contribution in [0, 0.1) is 6.92 Å². The van der Waals surface area contributed by atoms with E-state index < -0.39 is 0 Å². The molecule has 0 radical (unpaired) electrons. The molecule has 2 N–H and O–H groups in total. The molecule has 0 aliphatic heterocycles. The molecule has 0 aliphatic carbocycles. The quantitative estimate of drug-likeness (QED) is 0.668. The van der Waals surface area contributed by atoms with Gasteiger partial charge in [0.2, 0.25) is 5.95 Å². The van der Waals surface area contributed by atoms with Crippen LogP contribution >= 0.6 is 11.6 Å². The maximum atomic E-state index is 12.6. The average Bonchev–Trinajstić information content (AvgIpc) is 2.66. The molecule has 0 saturated carbocycles. The van der Waals surface area contributed by atoms with Crippen molar-refractivity contribution < 1.29 is 9.47 Å². The number of aromatic nitrogens is 2. The molecule has 27 heavy (non-hydrogen) atoms. The number of hydrogen-bond acceptors (Lipinski definition) is 5. The maximum absolute atomic E-state index is 12.6. The summed E-state index contributed by atoms with van der Waals surface area (Å²) in [7, 11) is 3.15. The summed E-state index contributed by atoms with van der Waals surface area (Å²) in [5.41, 5.74) is 2.75. The summed E-state index contributed by atoms with van der Waals surface area (Å²) < 4.78 is 10.6. The molecule has 0 atom stereocenters. The van der Waals surface area contributed by atoms with Gasteiger partial charge in [-0.3, -0.25) is 9.78 Å². The molecule has 2 aromatic carbocycles. The second-order valence-electron chi connectivity index (χ2n) is 5.97. The highest BCUT2D eigenvalue weighted by Crippen LogP contribution is 2.30. The average molecular weight is 386 g/mol. The minimum absolute atomic E-state index is 0.188. The van der Waals surface area contributed by atoms with Gasteiger partial charge in [0.05, 0.1) is 25.6 Å². The lowest BCUT2D eigenvalue weighted by Gasteiger charge is -2.13. The van der Waals surface area contributed by atoms with Crippen LogP contribution in [0.4, 0.5) is 11.6 Å². The van der Waals surface area contributed by atoms with Crippen molar-refractivity contribution in [2.75, 3.05) is 19.5 Å². The fourth-order valence-corrected chi connectivity index (χ4v) is 2.84. The number of anilines is 2. The Morgan fingerprint density at radius 2 is 1.85 bits per heavy atom. The summed E-state index contributed by atoms with van der Waals surface area (Å²) in [5, 5.41) is 3.75. The smallest absolute Gasteiger partial charge is 0.256 e. The van der Waals surface area contributed by atoms with Crippen LogP contribution in [0.3, 0.4) is 0 Å². The third-order valence-corrected chi connectivity index (χ3v) is 4.43. The molecule has 7 heteroatoms. The molecule has 0 spiro atoms. The molecule has 3 aromatic rings. The molecule has 0 saturated heterocycles. The summed E-state index contributed by atoms with van der Waals surface area (Å²) in [6.07, 6.45) is 0.484. The molecule has 6 nitrogen and oxygen atoms in total. The Morgan fingerprint density at radius 3 is 2.48 bits per heavy atom. The van der Waals surface area contributed by atoms with E-state index >= 15 is 0 Å². The number of aromatic amines is 1. The number of halogens is 1. The standard InChI is InChI=1S/C20H20ClN3O3/c1-12-16(10-13-4-6-14(21)7-5-13)19(25)24-20(22-12)23-17-9-8-15(26-2)11-18(17)27-3/h4-9,11H,10H2,1-3H3,(H2,22,23,24,25). The number of H-pyrrole nitrogens is 1. The fourth-order valence-electron chi connectivity index (χ4n) is 2.71. The Hall–Kier alpha value is -2.99. The van der Waals surface area contributed by atoms with E-state index in [1.165, 1.54) is 0 Å². The first-order valence-electron chi connectivity index (χ1n) is 8.33. The van der Waals surface area contributed by atoms with Crippen LogP contribution < -0.4 is 20.3 Å². The fraction of sp³-hybridized carbons (Fsp3) is 0.200. The van der Waals surface area contributed by atoms with E-state index in [1.54, 1.807) is 44.6 Å². The van der Waals surface area contributed by atoms with Gasteiger partial charge in [0.1, 0.15) is 11.5 Å².